The van der Waals surface area contributed by atoms with Crippen LogP contribution in [-0.4, -0.2) is 35.5 Å². The fourth-order valence-electron chi connectivity index (χ4n) is 1.98. The summed E-state index contributed by atoms with van der Waals surface area (Å²) in [6, 6.07) is 7.98. The summed E-state index contributed by atoms with van der Waals surface area (Å²) in [5, 5.41) is 2.70. The lowest BCUT2D eigenvalue weighted by molar-refractivity contribution is 0.0870. The van der Waals surface area contributed by atoms with Crippen LogP contribution in [0.1, 0.15) is 11.1 Å². The van der Waals surface area contributed by atoms with Gasteiger partial charge in [0.25, 0.3) is 0 Å². The molecule has 0 saturated carbocycles. The number of terminal acetylenes is 1. The molecule has 1 amide bonds. The number of aromatic nitrogens is 2. The van der Waals surface area contributed by atoms with Gasteiger partial charge in [-0.2, -0.15) is 0 Å². The summed E-state index contributed by atoms with van der Waals surface area (Å²) in [4.78, 5) is 15.6. The van der Waals surface area contributed by atoms with E-state index in [1.165, 1.54) is 0 Å². The zero-order valence-electron chi connectivity index (χ0n) is 12.8. The molecule has 0 bridgehead atoms. The summed E-state index contributed by atoms with van der Waals surface area (Å²) in [7, 11) is 0. The second-order valence-corrected chi connectivity index (χ2v) is 4.80. The fraction of sp³-hybridized carbons (Fsp3) is 0.294. The predicted molar refractivity (Wildman–Crippen MR) is 85.6 cm³/mol. The number of hydrogen-bond donors (Lipinski definition) is 1. The standard InChI is InChI=1S/C17H19N3O3/c1-2-8-22-9-10-23-17(21)19-12-15-4-3-5-16(11-15)13-20-7-6-18-14-20/h1,3-7,11,14H,8-10,12-13H2,(H,19,21). The molecule has 0 spiro atoms. The smallest absolute Gasteiger partial charge is 0.407 e. The van der Waals surface area contributed by atoms with E-state index in [-0.39, 0.29) is 19.8 Å². The Morgan fingerprint density at radius 2 is 2.22 bits per heavy atom. The number of imidazole rings is 1. The Bertz CT molecular complexity index is 647. The van der Waals surface area contributed by atoms with E-state index in [1.807, 2.05) is 35.0 Å². The first-order valence-electron chi connectivity index (χ1n) is 7.23. The number of amides is 1. The highest BCUT2D eigenvalue weighted by Gasteiger charge is 2.03. The number of nitrogens with zero attached hydrogens (tertiary/aromatic N) is 2. The minimum Gasteiger partial charge on any atom is -0.447 e. The summed E-state index contributed by atoms with van der Waals surface area (Å²) in [5.41, 5.74) is 2.14. The quantitative estimate of drug-likeness (QED) is 0.596. The zero-order chi connectivity index (χ0) is 16.3. The lowest BCUT2D eigenvalue weighted by atomic mass is 10.1. The van der Waals surface area contributed by atoms with Crippen LogP contribution in [-0.2, 0) is 22.6 Å². The van der Waals surface area contributed by atoms with Gasteiger partial charge in [0.05, 0.1) is 12.9 Å². The molecule has 6 nitrogen and oxygen atoms in total. The Kier molecular flexibility index (Phi) is 6.69. The topological polar surface area (TPSA) is 65.4 Å². The van der Waals surface area contributed by atoms with Crippen LogP contribution in [0.3, 0.4) is 0 Å². The summed E-state index contributed by atoms with van der Waals surface area (Å²) in [5.74, 6) is 2.34. The number of rotatable bonds is 8. The number of carbonyl (C=O) groups is 1. The highest BCUT2D eigenvalue weighted by Crippen LogP contribution is 2.07. The van der Waals surface area contributed by atoms with Gasteiger partial charge in [0.2, 0.25) is 0 Å². The van der Waals surface area contributed by atoms with Crippen LogP contribution in [0, 0.1) is 12.3 Å². The van der Waals surface area contributed by atoms with E-state index < -0.39 is 6.09 Å². The van der Waals surface area contributed by atoms with Crippen molar-refractivity contribution < 1.29 is 14.3 Å². The van der Waals surface area contributed by atoms with Crippen LogP contribution in [0.4, 0.5) is 4.79 Å². The van der Waals surface area contributed by atoms with Gasteiger partial charge >= 0.3 is 6.09 Å². The number of alkyl carbamates (subject to hydrolysis) is 1. The fourth-order valence-corrected chi connectivity index (χ4v) is 1.98. The van der Waals surface area contributed by atoms with Gasteiger partial charge in [0.15, 0.2) is 0 Å². The molecule has 0 saturated heterocycles. The molecule has 2 aromatic rings. The van der Waals surface area contributed by atoms with Crippen molar-refractivity contribution in [3.8, 4) is 12.3 Å². The van der Waals surface area contributed by atoms with Crippen LogP contribution in [0.2, 0.25) is 0 Å². The van der Waals surface area contributed by atoms with Crippen LogP contribution >= 0.6 is 0 Å². The van der Waals surface area contributed by atoms with Gasteiger partial charge in [-0.05, 0) is 11.1 Å². The van der Waals surface area contributed by atoms with Crippen LogP contribution in [0.15, 0.2) is 43.0 Å². The molecule has 120 valence electrons. The van der Waals surface area contributed by atoms with Crippen molar-refractivity contribution in [2.24, 2.45) is 0 Å². The molecule has 0 fully saturated rings. The molecule has 0 aliphatic carbocycles. The predicted octanol–water partition coefficient (Wildman–Crippen LogP) is 1.81. The normalized spacial score (nSPS) is 10.0. The van der Waals surface area contributed by atoms with Crippen LogP contribution < -0.4 is 5.32 Å². The maximum atomic E-state index is 11.5. The third kappa shape index (κ3) is 6.24. The van der Waals surface area contributed by atoms with Crippen molar-refractivity contribution in [2.45, 2.75) is 13.1 Å². The van der Waals surface area contributed by atoms with Gasteiger partial charge in [-0.1, -0.05) is 30.2 Å². The third-order valence-electron chi connectivity index (χ3n) is 3.00. The molecule has 6 heteroatoms. The van der Waals surface area contributed by atoms with Crippen LogP contribution in [0.5, 0.6) is 0 Å². The lowest BCUT2D eigenvalue weighted by Crippen LogP contribution is -2.25. The van der Waals surface area contributed by atoms with E-state index in [0.29, 0.717) is 6.54 Å². The second kappa shape index (κ2) is 9.28. The molecule has 0 unspecified atom stereocenters. The molecule has 0 aliphatic heterocycles. The maximum Gasteiger partial charge on any atom is 0.407 e. The first kappa shape index (κ1) is 16.6. The molecular formula is C17H19N3O3. The number of carbonyl (C=O) groups excluding carboxylic acids is 1. The largest absolute Gasteiger partial charge is 0.447 e. The van der Waals surface area contributed by atoms with Gasteiger partial charge < -0.3 is 19.4 Å². The summed E-state index contributed by atoms with van der Waals surface area (Å²) >= 11 is 0. The molecule has 1 N–H and O–H groups in total. The lowest BCUT2D eigenvalue weighted by Gasteiger charge is -2.09. The monoisotopic (exact) mass is 313 g/mol. The van der Waals surface area contributed by atoms with E-state index in [0.717, 1.165) is 17.7 Å². The molecule has 23 heavy (non-hydrogen) atoms. The SMILES string of the molecule is C#CCOCCOC(=O)NCc1cccc(Cn2ccnc2)c1. The van der Waals surface area contributed by atoms with Crippen molar-refractivity contribution in [2.75, 3.05) is 19.8 Å². The minimum absolute atomic E-state index is 0.175. The zero-order valence-corrected chi connectivity index (χ0v) is 12.8. The Hall–Kier alpha value is -2.78. The number of hydrogen-bond acceptors (Lipinski definition) is 4. The molecule has 0 aliphatic rings. The van der Waals surface area contributed by atoms with E-state index in [4.69, 9.17) is 15.9 Å². The van der Waals surface area contributed by atoms with Crippen molar-refractivity contribution >= 4 is 6.09 Å². The highest BCUT2D eigenvalue weighted by atomic mass is 16.6. The molecule has 1 heterocycles. The van der Waals surface area contributed by atoms with Gasteiger partial charge in [-0.3, -0.25) is 0 Å². The Labute approximate surface area is 135 Å². The summed E-state index contributed by atoms with van der Waals surface area (Å²) in [6.45, 7) is 1.83. The summed E-state index contributed by atoms with van der Waals surface area (Å²) in [6.07, 6.45) is 9.98. The molecule has 1 aromatic heterocycles. The van der Waals surface area contributed by atoms with Crippen molar-refractivity contribution in [1.82, 2.24) is 14.9 Å². The van der Waals surface area contributed by atoms with Gasteiger partial charge in [0.1, 0.15) is 13.2 Å². The molecular weight excluding hydrogens is 294 g/mol. The first-order chi connectivity index (χ1) is 11.3. The highest BCUT2D eigenvalue weighted by molar-refractivity contribution is 5.67. The van der Waals surface area contributed by atoms with Crippen molar-refractivity contribution in [3.05, 3.63) is 54.1 Å². The number of ether oxygens (including phenoxy) is 2. The van der Waals surface area contributed by atoms with Gasteiger partial charge in [-0.15, -0.1) is 6.42 Å². The number of nitrogens with one attached hydrogen (secondary N) is 1. The Morgan fingerprint density at radius 3 is 3.00 bits per heavy atom. The Balaban J connectivity index is 1.73. The van der Waals surface area contributed by atoms with E-state index in [2.05, 4.69) is 16.2 Å². The van der Waals surface area contributed by atoms with Crippen molar-refractivity contribution in [1.29, 1.82) is 0 Å². The molecule has 2 rings (SSSR count). The van der Waals surface area contributed by atoms with E-state index >= 15 is 0 Å². The van der Waals surface area contributed by atoms with Gasteiger partial charge in [0, 0.05) is 25.5 Å². The molecule has 0 atom stereocenters. The number of benzene rings is 1. The average Bonchev–Trinajstić information content (AvgIpc) is 3.06. The van der Waals surface area contributed by atoms with Gasteiger partial charge in [-0.25, -0.2) is 9.78 Å². The summed E-state index contributed by atoms with van der Waals surface area (Å²) < 4.78 is 12.0. The molecule has 1 aromatic carbocycles. The Morgan fingerprint density at radius 1 is 1.35 bits per heavy atom. The van der Waals surface area contributed by atoms with E-state index in [1.54, 1.807) is 12.5 Å². The maximum absolute atomic E-state index is 11.5. The van der Waals surface area contributed by atoms with Crippen molar-refractivity contribution in [3.63, 3.8) is 0 Å². The molecule has 0 radical (unpaired) electrons. The minimum atomic E-state index is -0.477. The van der Waals surface area contributed by atoms with Crippen LogP contribution in [0.25, 0.3) is 0 Å². The van der Waals surface area contributed by atoms with E-state index in [9.17, 15) is 4.79 Å². The first-order valence-corrected chi connectivity index (χ1v) is 7.23. The second-order valence-electron chi connectivity index (χ2n) is 4.80. The third-order valence-corrected chi connectivity index (χ3v) is 3.00. The average molecular weight is 313 g/mol.